The Morgan fingerprint density at radius 1 is 1.00 bits per heavy atom. The van der Waals surface area contributed by atoms with Crippen LogP contribution in [0.1, 0.15) is 68.8 Å². The van der Waals surface area contributed by atoms with Gasteiger partial charge in [0.25, 0.3) is 11.5 Å². The van der Waals surface area contributed by atoms with Gasteiger partial charge in [-0.05, 0) is 38.2 Å². The van der Waals surface area contributed by atoms with E-state index in [2.05, 4.69) is 12.0 Å². The molecule has 0 bridgehead atoms. The molecule has 0 N–H and O–H groups in total. The standard InChI is InChI=1S/C21H32N4O3/c1-2-3-14-25-19(26)9-8-18(22-25)21(28)24-15-10-17(11-16-24)20(27)23-12-6-4-5-7-13-23/h8-9,17H,2-7,10-16H2,1H3. The van der Waals surface area contributed by atoms with Crippen LogP contribution in [0, 0.1) is 5.92 Å². The monoisotopic (exact) mass is 388 g/mol. The average molecular weight is 389 g/mol. The second kappa shape index (κ2) is 9.85. The van der Waals surface area contributed by atoms with Crippen molar-refractivity contribution in [3.8, 4) is 0 Å². The number of rotatable bonds is 5. The van der Waals surface area contributed by atoms with E-state index < -0.39 is 0 Å². The molecule has 2 fully saturated rings. The maximum Gasteiger partial charge on any atom is 0.274 e. The van der Waals surface area contributed by atoms with Gasteiger partial charge in [-0.3, -0.25) is 14.4 Å². The Morgan fingerprint density at radius 3 is 2.32 bits per heavy atom. The average Bonchev–Trinajstić information content (AvgIpc) is 3.02. The maximum atomic E-state index is 12.8. The second-order valence-electron chi connectivity index (χ2n) is 7.94. The van der Waals surface area contributed by atoms with Gasteiger partial charge in [-0.15, -0.1) is 0 Å². The van der Waals surface area contributed by atoms with Crippen molar-refractivity contribution in [2.24, 2.45) is 5.92 Å². The molecule has 0 unspecified atom stereocenters. The fourth-order valence-corrected chi connectivity index (χ4v) is 4.07. The maximum absolute atomic E-state index is 12.8. The number of aryl methyl sites for hydroxylation is 1. The van der Waals surface area contributed by atoms with E-state index in [0.29, 0.717) is 38.2 Å². The first-order valence-corrected chi connectivity index (χ1v) is 10.8. The lowest BCUT2D eigenvalue weighted by Gasteiger charge is -2.34. The molecule has 0 spiro atoms. The molecule has 7 nitrogen and oxygen atoms in total. The van der Waals surface area contributed by atoms with Crippen LogP contribution in [-0.4, -0.2) is 57.6 Å². The number of unbranched alkanes of at least 4 members (excludes halogenated alkanes) is 1. The van der Waals surface area contributed by atoms with Gasteiger partial charge in [0.2, 0.25) is 5.91 Å². The van der Waals surface area contributed by atoms with E-state index in [9.17, 15) is 14.4 Å². The fraction of sp³-hybridized carbons (Fsp3) is 0.714. The minimum atomic E-state index is -0.174. The molecule has 2 aliphatic rings. The third kappa shape index (κ3) is 5.00. The Morgan fingerprint density at radius 2 is 1.68 bits per heavy atom. The second-order valence-corrected chi connectivity index (χ2v) is 7.94. The minimum Gasteiger partial charge on any atom is -0.342 e. The molecule has 154 valence electrons. The van der Waals surface area contributed by atoms with Crippen LogP contribution in [0.2, 0.25) is 0 Å². The number of nitrogens with zero attached hydrogens (tertiary/aromatic N) is 4. The van der Waals surface area contributed by atoms with Crippen molar-refractivity contribution >= 4 is 11.8 Å². The summed E-state index contributed by atoms with van der Waals surface area (Å²) in [5, 5.41) is 4.26. The number of hydrogen-bond donors (Lipinski definition) is 0. The summed E-state index contributed by atoms with van der Waals surface area (Å²) in [4.78, 5) is 41.3. The predicted octanol–water partition coefficient (Wildman–Crippen LogP) is 2.30. The minimum absolute atomic E-state index is 0.0219. The Hall–Kier alpha value is -2.18. The number of carbonyl (C=O) groups is 2. The van der Waals surface area contributed by atoms with Crippen LogP contribution >= 0.6 is 0 Å². The molecule has 2 aliphatic heterocycles. The Labute approximate surface area is 166 Å². The highest BCUT2D eigenvalue weighted by Crippen LogP contribution is 2.22. The zero-order chi connectivity index (χ0) is 19.9. The van der Waals surface area contributed by atoms with Crippen molar-refractivity contribution in [1.82, 2.24) is 19.6 Å². The van der Waals surface area contributed by atoms with E-state index >= 15 is 0 Å². The van der Waals surface area contributed by atoms with Gasteiger partial charge in [0.15, 0.2) is 0 Å². The van der Waals surface area contributed by atoms with Gasteiger partial charge in [-0.1, -0.05) is 26.2 Å². The van der Waals surface area contributed by atoms with E-state index in [1.165, 1.54) is 29.7 Å². The number of carbonyl (C=O) groups excluding carboxylic acids is 2. The fourth-order valence-electron chi connectivity index (χ4n) is 4.07. The molecular formula is C21H32N4O3. The molecule has 1 aromatic heterocycles. The first kappa shape index (κ1) is 20.6. The van der Waals surface area contributed by atoms with Crippen molar-refractivity contribution in [1.29, 1.82) is 0 Å². The largest absolute Gasteiger partial charge is 0.342 e. The van der Waals surface area contributed by atoms with Crippen LogP contribution in [0.15, 0.2) is 16.9 Å². The van der Waals surface area contributed by atoms with Crippen molar-refractivity contribution in [3.05, 3.63) is 28.2 Å². The van der Waals surface area contributed by atoms with E-state index in [4.69, 9.17) is 0 Å². The number of piperidine rings is 1. The molecule has 0 atom stereocenters. The van der Waals surface area contributed by atoms with Gasteiger partial charge in [0, 0.05) is 44.7 Å². The highest BCUT2D eigenvalue weighted by Gasteiger charge is 2.31. The summed E-state index contributed by atoms with van der Waals surface area (Å²) < 4.78 is 1.38. The van der Waals surface area contributed by atoms with Crippen LogP contribution in [0.4, 0.5) is 0 Å². The zero-order valence-corrected chi connectivity index (χ0v) is 16.9. The number of hydrogen-bond acceptors (Lipinski definition) is 4. The summed E-state index contributed by atoms with van der Waals surface area (Å²) >= 11 is 0. The highest BCUT2D eigenvalue weighted by molar-refractivity contribution is 5.92. The summed E-state index contributed by atoms with van der Waals surface area (Å²) in [7, 11) is 0. The molecule has 28 heavy (non-hydrogen) atoms. The first-order chi connectivity index (χ1) is 13.6. The summed E-state index contributed by atoms with van der Waals surface area (Å²) in [6.45, 7) is 5.47. The molecule has 1 aromatic rings. The topological polar surface area (TPSA) is 75.5 Å². The van der Waals surface area contributed by atoms with E-state index in [1.54, 1.807) is 4.90 Å². The van der Waals surface area contributed by atoms with Gasteiger partial charge in [-0.2, -0.15) is 5.10 Å². The lowest BCUT2D eigenvalue weighted by Crippen LogP contribution is -2.45. The summed E-state index contributed by atoms with van der Waals surface area (Å²) in [5.41, 5.74) is 0.139. The SMILES string of the molecule is CCCCn1nc(C(=O)N2CCC(C(=O)N3CCCCCC3)CC2)ccc1=O. The van der Waals surface area contributed by atoms with Crippen molar-refractivity contribution in [2.45, 2.75) is 64.8 Å². The number of aromatic nitrogens is 2. The predicted molar refractivity (Wildman–Crippen MR) is 107 cm³/mol. The Balaban J connectivity index is 1.57. The number of likely N-dealkylation sites (tertiary alicyclic amines) is 2. The Kier molecular flexibility index (Phi) is 7.23. The third-order valence-electron chi connectivity index (χ3n) is 5.86. The van der Waals surface area contributed by atoms with Gasteiger partial charge in [0.1, 0.15) is 5.69 Å². The van der Waals surface area contributed by atoms with Crippen LogP contribution in [0.3, 0.4) is 0 Å². The van der Waals surface area contributed by atoms with E-state index in [0.717, 1.165) is 38.8 Å². The van der Waals surface area contributed by atoms with Gasteiger partial charge >= 0.3 is 0 Å². The zero-order valence-electron chi connectivity index (χ0n) is 16.9. The normalized spacial score (nSPS) is 18.8. The van der Waals surface area contributed by atoms with Crippen molar-refractivity contribution in [2.75, 3.05) is 26.2 Å². The van der Waals surface area contributed by atoms with Crippen LogP contribution in [0.5, 0.6) is 0 Å². The summed E-state index contributed by atoms with van der Waals surface area (Å²) in [5.74, 6) is 0.139. The first-order valence-electron chi connectivity index (χ1n) is 10.8. The molecule has 2 saturated heterocycles. The highest BCUT2D eigenvalue weighted by atomic mass is 16.2. The number of amides is 2. The lowest BCUT2D eigenvalue weighted by atomic mass is 9.95. The molecule has 0 saturated carbocycles. The quantitative estimate of drug-likeness (QED) is 0.776. The van der Waals surface area contributed by atoms with Crippen LogP contribution in [-0.2, 0) is 11.3 Å². The summed E-state index contributed by atoms with van der Waals surface area (Å²) in [6.07, 6.45) is 7.85. The molecule has 0 radical (unpaired) electrons. The van der Waals surface area contributed by atoms with Gasteiger partial charge in [0.05, 0.1) is 0 Å². The molecule has 7 heteroatoms. The molecule has 3 rings (SSSR count). The van der Waals surface area contributed by atoms with Crippen molar-refractivity contribution in [3.63, 3.8) is 0 Å². The smallest absolute Gasteiger partial charge is 0.274 e. The van der Waals surface area contributed by atoms with Crippen LogP contribution < -0.4 is 5.56 Å². The Bertz CT molecular complexity index is 729. The van der Waals surface area contributed by atoms with Gasteiger partial charge in [-0.25, -0.2) is 4.68 Å². The molecule has 3 heterocycles. The van der Waals surface area contributed by atoms with E-state index in [-0.39, 0.29) is 23.3 Å². The van der Waals surface area contributed by atoms with Gasteiger partial charge < -0.3 is 9.80 Å². The summed E-state index contributed by atoms with van der Waals surface area (Å²) in [6, 6.07) is 2.94. The third-order valence-corrected chi connectivity index (χ3v) is 5.86. The molecular weight excluding hydrogens is 356 g/mol. The molecule has 0 aromatic carbocycles. The molecule has 0 aliphatic carbocycles. The van der Waals surface area contributed by atoms with Crippen molar-refractivity contribution < 1.29 is 9.59 Å². The van der Waals surface area contributed by atoms with Crippen LogP contribution in [0.25, 0.3) is 0 Å². The lowest BCUT2D eigenvalue weighted by molar-refractivity contribution is -0.136. The molecule has 2 amide bonds. The van der Waals surface area contributed by atoms with E-state index in [1.807, 2.05) is 4.90 Å².